The number of amides is 1. The molecule has 1 fully saturated rings. The molecule has 0 bridgehead atoms. The minimum atomic E-state index is -0.522. The number of hydrogen-bond acceptors (Lipinski definition) is 7. The largest absolute Gasteiger partial charge is 0.360 e. The average Bonchev–Trinajstić information content (AvgIpc) is 3.50. The monoisotopic (exact) mass is 461 g/mol. The van der Waals surface area contributed by atoms with E-state index in [9.17, 15) is 9.18 Å². The quantitative estimate of drug-likeness (QED) is 0.443. The highest BCUT2D eigenvalue weighted by molar-refractivity contribution is 5.94. The van der Waals surface area contributed by atoms with Crippen molar-refractivity contribution in [1.29, 1.82) is 0 Å². The van der Waals surface area contributed by atoms with Crippen LogP contribution < -0.4 is 5.32 Å². The van der Waals surface area contributed by atoms with Crippen LogP contribution in [-0.4, -0.2) is 39.2 Å². The van der Waals surface area contributed by atoms with E-state index in [4.69, 9.17) is 9.05 Å². The molecule has 1 aliphatic rings. The van der Waals surface area contributed by atoms with Crippen LogP contribution in [0.3, 0.4) is 0 Å². The lowest BCUT2D eigenvalue weighted by atomic mass is 9.94. The van der Waals surface area contributed by atoms with Crippen LogP contribution in [0.25, 0.3) is 11.4 Å². The first kappa shape index (κ1) is 22.0. The summed E-state index contributed by atoms with van der Waals surface area (Å²) in [5.74, 6) is 1.26. The molecule has 4 aromatic rings. The van der Waals surface area contributed by atoms with Crippen LogP contribution in [0.5, 0.6) is 0 Å². The van der Waals surface area contributed by atoms with Crippen LogP contribution in [0, 0.1) is 12.7 Å². The molecule has 2 atom stereocenters. The number of anilines is 1. The van der Waals surface area contributed by atoms with E-state index in [0.29, 0.717) is 35.4 Å². The SMILES string of the molecule is Cc1cc(NC(=O)C(c2ccccc2)N2CCCC(c3nc(-c4cccc(F)c4)no3)C2)no1. The van der Waals surface area contributed by atoms with Gasteiger partial charge in [-0.05, 0) is 44.0 Å². The summed E-state index contributed by atoms with van der Waals surface area (Å²) in [6.45, 7) is 3.08. The second kappa shape index (κ2) is 9.56. The summed E-state index contributed by atoms with van der Waals surface area (Å²) in [5.41, 5.74) is 1.44. The van der Waals surface area contributed by atoms with Gasteiger partial charge < -0.3 is 14.4 Å². The average molecular weight is 461 g/mol. The molecule has 1 amide bonds. The highest BCUT2D eigenvalue weighted by Gasteiger charge is 2.34. The van der Waals surface area contributed by atoms with Gasteiger partial charge in [-0.25, -0.2) is 4.39 Å². The maximum atomic E-state index is 13.6. The van der Waals surface area contributed by atoms with Crippen LogP contribution in [0.2, 0.25) is 0 Å². The number of nitrogens with zero attached hydrogens (tertiary/aromatic N) is 4. The molecule has 3 heterocycles. The Morgan fingerprint density at radius 1 is 1.12 bits per heavy atom. The van der Waals surface area contributed by atoms with Gasteiger partial charge >= 0.3 is 0 Å². The summed E-state index contributed by atoms with van der Waals surface area (Å²) in [7, 11) is 0. The van der Waals surface area contributed by atoms with Crippen LogP contribution in [-0.2, 0) is 4.79 Å². The number of aromatic nitrogens is 3. The second-order valence-electron chi connectivity index (χ2n) is 8.43. The van der Waals surface area contributed by atoms with E-state index in [2.05, 4.69) is 25.5 Å². The van der Waals surface area contributed by atoms with Crippen LogP contribution in [0.15, 0.2) is 69.7 Å². The van der Waals surface area contributed by atoms with Crippen LogP contribution >= 0.6 is 0 Å². The molecule has 9 heteroatoms. The van der Waals surface area contributed by atoms with Crippen molar-refractivity contribution in [2.24, 2.45) is 0 Å². The summed E-state index contributed by atoms with van der Waals surface area (Å²) >= 11 is 0. The molecule has 0 radical (unpaired) electrons. The maximum absolute atomic E-state index is 13.6. The third-order valence-corrected chi connectivity index (χ3v) is 5.93. The van der Waals surface area contributed by atoms with Gasteiger partial charge in [0.05, 0.1) is 5.92 Å². The fraction of sp³-hybridized carbons (Fsp3) is 0.280. The van der Waals surface area contributed by atoms with E-state index in [1.807, 2.05) is 30.3 Å². The van der Waals surface area contributed by atoms with Gasteiger partial charge in [0.2, 0.25) is 17.6 Å². The molecule has 0 saturated carbocycles. The molecule has 0 aliphatic carbocycles. The first-order valence-electron chi connectivity index (χ1n) is 11.2. The third-order valence-electron chi connectivity index (χ3n) is 5.93. The van der Waals surface area contributed by atoms with Crippen molar-refractivity contribution < 1.29 is 18.2 Å². The highest BCUT2D eigenvalue weighted by Crippen LogP contribution is 2.33. The molecule has 1 N–H and O–H groups in total. The van der Waals surface area contributed by atoms with Crippen LogP contribution in [0.1, 0.15) is 42.0 Å². The fourth-order valence-corrected chi connectivity index (χ4v) is 4.37. The van der Waals surface area contributed by atoms with E-state index >= 15 is 0 Å². The number of aryl methyl sites for hydroxylation is 1. The Morgan fingerprint density at radius 3 is 2.74 bits per heavy atom. The summed E-state index contributed by atoms with van der Waals surface area (Å²) in [4.78, 5) is 20.0. The second-order valence-corrected chi connectivity index (χ2v) is 8.43. The summed E-state index contributed by atoms with van der Waals surface area (Å²) in [5, 5.41) is 10.8. The van der Waals surface area contributed by atoms with Crippen molar-refractivity contribution in [2.75, 3.05) is 18.4 Å². The third kappa shape index (κ3) is 4.74. The van der Waals surface area contributed by atoms with E-state index in [1.165, 1.54) is 12.1 Å². The normalized spacial score (nSPS) is 17.4. The molecule has 174 valence electrons. The van der Waals surface area contributed by atoms with Gasteiger partial charge in [0, 0.05) is 18.2 Å². The minimum absolute atomic E-state index is 0.0446. The standard InChI is InChI=1S/C25H24FN5O3/c1-16-13-21(29-33-16)27-24(32)22(17-7-3-2-4-8-17)31-12-6-10-19(15-31)25-28-23(30-34-25)18-9-5-11-20(26)14-18/h2-5,7-9,11,13-14,19,22H,6,10,12,15H2,1H3,(H,27,29,32). The van der Waals surface area contributed by atoms with Crippen molar-refractivity contribution in [3.63, 3.8) is 0 Å². The van der Waals surface area contributed by atoms with E-state index in [0.717, 1.165) is 24.9 Å². The summed E-state index contributed by atoms with van der Waals surface area (Å²) < 4.78 is 24.3. The van der Waals surface area contributed by atoms with Gasteiger partial charge in [-0.1, -0.05) is 52.8 Å². The van der Waals surface area contributed by atoms with Gasteiger partial charge in [0.25, 0.3) is 0 Å². The van der Waals surface area contributed by atoms with E-state index in [1.54, 1.807) is 25.1 Å². The zero-order valence-electron chi connectivity index (χ0n) is 18.6. The Morgan fingerprint density at radius 2 is 1.97 bits per heavy atom. The molecule has 1 aliphatic heterocycles. The fourth-order valence-electron chi connectivity index (χ4n) is 4.37. The number of rotatable bonds is 6. The van der Waals surface area contributed by atoms with Crippen molar-refractivity contribution in [2.45, 2.75) is 31.7 Å². The topological polar surface area (TPSA) is 97.3 Å². The molecular weight excluding hydrogens is 437 g/mol. The van der Waals surface area contributed by atoms with E-state index < -0.39 is 6.04 Å². The molecular formula is C25H24FN5O3. The van der Waals surface area contributed by atoms with Crippen molar-refractivity contribution >= 4 is 11.7 Å². The number of likely N-dealkylation sites (tertiary alicyclic amines) is 1. The Kier molecular flexibility index (Phi) is 6.18. The van der Waals surface area contributed by atoms with Gasteiger partial charge in [-0.3, -0.25) is 9.69 Å². The molecule has 0 spiro atoms. The molecule has 1 saturated heterocycles. The molecule has 2 unspecified atom stereocenters. The molecule has 8 nitrogen and oxygen atoms in total. The number of nitrogens with one attached hydrogen (secondary N) is 1. The lowest BCUT2D eigenvalue weighted by Crippen LogP contribution is -2.42. The Bertz CT molecular complexity index is 1270. The number of piperidine rings is 1. The first-order valence-corrected chi connectivity index (χ1v) is 11.2. The van der Waals surface area contributed by atoms with Crippen molar-refractivity contribution in [3.8, 4) is 11.4 Å². The van der Waals surface area contributed by atoms with Crippen molar-refractivity contribution in [1.82, 2.24) is 20.2 Å². The number of carbonyl (C=O) groups is 1. The Balaban J connectivity index is 1.38. The lowest BCUT2D eigenvalue weighted by Gasteiger charge is -2.36. The number of halogens is 1. The molecule has 2 aromatic carbocycles. The molecule has 2 aromatic heterocycles. The van der Waals surface area contributed by atoms with Gasteiger partial charge in [-0.15, -0.1) is 0 Å². The minimum Gasteiger partial charge on any atom is -0.360 e. The predicted octanol–water partition coefficient (Wildman–Crippen LogP) is 4.73. The van der Waals surface area contributed by atoms with Gasteiger partial charge in [-0.2, -0.15) is 4.98 Å². The number of carbonyl (C=O) groups excluding carboxylic acids is 1. The zero-order valence-corrected chi connectivity index (χ0v) is 18.6. The maximum Gasteiger partial charge on any atom is 0.247 e. The van der Waals surface area contributed by atoms with Gasteiger partial charge in [0.15, 0.2) is 5.82 Å². The smallest absolute Gasteiger partial charge is 0.247 e. The number of hydrogen-bond donors (Lipinski definition) is 1. The zero-order chi connectivity index (χ0) is 23.5. The van der Waals surface area contributed by atoms with Gasteiger partial charge in [0.1, 0.15) is 17.6 Å². The molecule has 5 rings (SSSR count). The Hall–Kier alpha value is -3.85. The summed E-state index contributed by atoms with van der Waals surface area (Å²) in [6, 6.07) is 16.9. The van der Waals surface area contributed by atoms with E-state index in [-0.39, 0.29) is 17.6 Å². The highest BCUT2D eigenvalue weighted by atomic mass is 19.1. The van der Waals surface area contributed by atoms with Crippen molar-refractivity contribution in [3.05, 3.63) is 83.7 Å². The first-order chi connectivity index (χ1) is 16.6. The molecule has 34 heavy (non-hydrogen) atoms. The predicted molar refractivity (Wildman–Crippen MR) is 122 cm³/mol. The Labute approximate surface area is 195 Å². The summed E-state index contributed by atoms with van der Waals surface area (Å²) in [6.07, 6.45) is 1.72. The number of benzene rings is 2. The lowest BCUT2D eigenvalue weighted by molar-refractivity contribution is -0.122. The van der Waals surface area contributed by atoms with Crippen LogP contribution in [0.4, 0.5) is 10.2 Å².